The molecule has 0 fully saturated rings. The molecule has 0 saturated heterocycles. The van der Waals surface area contributed by atoms with Crippen molar-refractivity contribution in [3.05, 3.63) is 58.1 Å². The standard InChI is InChI=1S/C16H17Cl2NO2/c17-13-6-3-7-14(18)16(13)21-10-4-9-20-15-8-2-1-5-12(15)11-19/h1-3,5-8H,4,9-11,19H2. The van der Waals surface area contributed by atoms with Crippen LogP contribution in [0.1, 0.15) is 12.0 Å². The van der Waals surface area contributed by atoms with Crippen LogP contribution in [0.5, 0.6) is 11.5 Å². The molecule has 112 valence electrons. The second-order valence-corrected chi connectivity index (χ2v) is 5.23. The molecule has 2 rings (SSSR count). The third kappa shape index (κ3) is 4.53. The van der Waals surface area contributed by atoms with Crippen molar-refractivity contribution in [2.75, 3.05) is 13.2 Å². The molecule has 0 aliphatic rings. The number of ether oxygens (including phenoxy) is 2. The Labute approximate surface area is 134 Å². The summed E-state index contributed by atoms with van der Waals surface area (Å²) in [6.07, 6.45) is 0.723. The van der Waals surface area contributed by atoms with Crippen LogP contribution in [-0.2, 0) is 6.54 Å². The first-order valence-corrected chi connectivity index (χ1v) is 7.45. The predicted octanol–water partition coefficient (Wildman–Crippen LogP) is 4.30. The molecule has 0 bridgehead atoms. The monoisotopic (exact) mass is 325 g/mol. The second kappa shape index (κ2) is 8.13. The van der Waals surface area contributed by atoms with E-state index in [1.54, 1.807) is 18.2 Å². The lowest BCUT2D eigenvalue weighted by Gasteiger charge is -2.12. The van der Waals surface area contributed by atoms with E-state index in [2.05, 4.69) is 0 Å². The predicted molar refractivity (Wildman–Crippen MR) is 86.4 cm³/mol. The Hall–Kier alpha value is -1.42. The Balaban J connectivity index is 1.78. The van der Waals surface area contributed by atoms with E-state index in [-0.39, 0.29) is 0 Å². The van der Waals surface area contributed by atoms with Crippen molar-refractivity contribution in [2.24, 2.45) is 5.73 Å². The van der Waals surface area contributed by atoms with Gasteiger partial charge >= 0.3 is 0 Å². The maximum atomic E-state index is 6.02. The number of nitrogens with two attached hydrogens (primary N) is 1. The van der Waals surface area contributed by atoms with Crippen LogP contribution in [0.2, 0.25) is 10.0 Å². The van der Waals surface area contributed by atoms with Crippen molar-refractivity contribution in [3.63, 3.8) is 0 Å². The van der Waals surface area contributed by atoms with Crippen molar-refractivity contribution in [2.45, 2.75) is 13.0 Å². The second-order valence-electron chi connectivity index (χ2n) is 4.41. The Morgan fingerprint density at radius 3 is 2.24 bits per heavy atom. The van der Waals surface area contributed by atoms with Crippen molar-refractivity contribution >= 4 is 23.2 Å². The molecular weight excluding hydrogens is 309 g/mol. The number of hydrogen-bond acceptors (Lipinski definition) is 3. The summed E-state index contributed by atoms with van der Waals surface area (Å²) >= 11 is 12.0. The average molecular weight is 326 g/mol. The fourth-order valence-corrected chi connectivity index (χ4v) is 2.36. The number of hydrogen-bond donors (Lipinski definition) is 1. The van der Waals surface area contributed by atoms with Gasteiger partial charge in [0.15, 0.2) is 5.75 Å². The van der Waals surface area contributed by atoms with Crippen molar-refractivity contribution in [1.82, 2.24) is 0 Å². The lowest BCUT2D eigenvalue weighted by Crippen LogP contribution is -2.07. The van der Waals surface area contributed by atoms with Crippen molar-refractivity contribution < 1.29 is 9.47 Å². The molecule has 0 saturated carbocycles. The van der Waals surface area contributed by atoms with Gasteiger partial charge in [-0.1, -0.05) is 47.5 Å². The molecule has 21 heavy (non-hydrogen) atoms. The van der Waals surface area contributed by atoms with Gasteiger partial charge in [-0.25, -0.2) is 0 Å². The van der Waals surface area contributed by atoms with Gasteiger partial charge in [-0.3, -0.25) is 0 Å². The SMILES string of the molecule is NCc1ccccc1OCCCOc1c(Cl)cccc1Cl. The largest absolute Gasteiger partial charge is 0.493 e. The minimum absolute atomic E-state index is 0.460. The normalized spacial score (nSPS) is 10.4. The summed E-state index contributed by atoms with van der Waals surface area (Å²) in [7, 11) is 0. The molecule has 2 aromatic rings. The molecule has 0 atom stereocenters. The van der Waals surface area contributed by atoms with Gasteiger partial charge in [0, 0.05) is 18.5 Å². The molecule has 0 spiro atoms. The Morgan fingerprint density at radius 2 is 1.52 bits per heavy atom. The molecule has 2 aromatic carbocycles. The highest BCUT2D eigenvalue weighted by atomic mass is 35.5. The molecular formula is C16H17Cl2NO2. The van der Waals surface area contributed by atoms with E-state index in [1.807, 2.05) is 24.3 Å². The molecule has 0 heterocycles. The molecule has 3 nitrogen and oxygen atoms in total. The van der Waals surface area contributed by atoms with Crippen LogP contribution in [0.25, 0.3) is 0 Å². The van der Waals surface area contributed by atoms with Gasteiger partial charge in [-0.15, -0.1) is 0 Å². The zero-order valence-electron chi connectivity index (χ0n) is 11.5. The zero-order chi connectivity index (χ0) is 15.1. The van der Waals surface area contributed by atoms with Gasteiger partial charge in [0.2, 0.25) is 0 Å². The minimum atomic E-state index is 0.460. The maximum absolute atomic E-state index is 6.02. The third-order valence-corrected chi connectivity index (χ3v) is 3.50. The quantitative estimate of drug-likeness (QED) is 0.772. The lowest BCUT2D eigenvalue weighted by molar-refractivity contribution is 0.246. The van der Waals surface area contributed by atoms with Crippen LogP contribution in [0.4, 0.5) is 0 Å². The molecule has 0 aliphatic carbocycles. The summed E-state index contributed by atoms with van der Waals surface area (Å²) in [5.41, 5.74) is 6.65. The van der Waals surface area contributed by atoms with Crippen molar-refractivity contribution in [1.29, 1.82) is 0 Å². The van der Waals surface area contributed by atoms with E-state index in [4.69, 9.17) is 38.4 Å². The minimum Gasteiger partial charge on any atom is -0.493 e. The van der Waals surface area contributed by atoms with E-state index in [9.17, 15) is 0 Å². The van der Waals surface area contributed by atoms with E-state index < -0.39 is 0 Å². The highest BCUT2D eigenvalue weighted by Gasteiger charge is 2.06. The molecule has 0 unspecified atom stereocenters. The van der Waals surface area contributed by atoms with Crippen molar-refractivity contribution in [3.8, 4) is 11.5 Å². The van der Waals surface area contributed by atoms with Crippen LogP contribution >= 0.6 is 23.2 Å². The van der Waals surface area contributed by atoms with Crippen LogP contribution in [-0.4, -0.2) is 13.2 Å². The molecule has 5 heteroatoms. The van der Waals surface area contributed by atoms with Gasteiger partial charge in [-0.2, -0.15) is 0 Å². The van der Waals surface area contributed by atoms with Gasteiger partial charge in [0.05, 0.1) is 23.3 Å². The van der Waals surface area contributed by atoms with E-state index >= 15 is 0 Å². The number of para-hydroxylation sites is 2. The first kappa shape index (κ1) is 16.0. The van der Waals surface area contributed by atoms with Crippen LogP contribution in [0, 0.1) is 0 Å². The molecule has 0 radical (unpaired) electrons. The van der Waals surface area contributed by atoms with Crippen LogP contribution in [0.15, 0.2) is 42.5 Å². The summed E-state index contributed by atoms with van der Waals surface area (Å²) in [6, 6.07) is 13.0. The van der Waals surface area contributed by atoms with E-state index in [0.717, 1.165) is 17.7 Å². The van der Waals surface area contributed by atoms with Gasteiger partial charge in [0.1, 0.15) is 5.75 Å². The fourth-order valence-electron chi connectivity index (χ4n) is 1.85. The molecule has 0 aromatic heterocycles. The third-order valence-electron chi connectivity index (χ3n) is 2.90. The highest BCUT2D eigenvalue weighted by molar-refractivity contribution is 6.37. The number of rotatable bonds is 7. The number of benzene rings is 2. The zero-order valence-corrected chi connectivity index (χ0v) is 13.0. The number of halogens is 2. The van der Waals surface area contributed by atoms with E-state index in [1.165, 1.54) is 0 Å². The Kier molecular flexibility index (Phi) is 6.18. The summed E-state index contributed by atoms with van der Waals surface area (Å²) in [5.74, 6) is 1.33. The summed E-state index contributed by atoms with van der Waals surface area (Å²) in [5, 5.41) is 1.02. The maximum Gasteiger partial charge on any atom is 0.156 e. The van der Waals surface area contributed by atoms with Gasteiger partial charge < -0.3 is 15.2 Å². The summed E-state index contributed by atoms with van der Waals surface area (Å²) in [4.78, 5) is 0. The van der Waals surface area contributed by atoms with Gasteiger partial charge in [-0.05, 0) is 18.2 Å². The first-order chi connectivity index (χ1) is 10.2. The Bertz CT molecular complexity index is 570. The van der Waals surface area contributed by atoms with Gasteiger partial charge in [0.25, 0.3) is 0 Å². The van der Waals surface area contributed by atoms with Crippen LogP contribution < -0.4 is 15.2 Å². The first-order valence-electron chi connectivity index (χ1n) is 6.70. The summed E-state index contributed by atoms with van der Waals surface area (Å²) in [6.45, 7) is 1.48. The smallest absolute Gasteiger partial charge is 0.156 e. The van der Waals surface area contributed by atoms with Crippen LogP contribution in [0.3, 0.4) is 0 Å². The fraction of sp³-hybridized carbons (Fsp3) is 0.250. The molecule has 2 N–H and O–H groups in total. The Morgan fingerprint density at radius 1 is 0.857 bits per heavy atom. The van der Waals surface area contributed by atoms with E-state index in [0.29, 0.717) is 35.6 Å². The average Bonchev–Trinajstić information content (AvgIpc) is 2.50. The highest BCUT2D eigenvalue weighted by Crippen LogP contribution is 2.32. The topological polar surface area (TPSA) is 44.5 Å². The molecule has 0 aliphatic heterocycles. The lowest BCUT2D eigenvalue weighted by atomic mass is 10.2. The molecule has 0 amide bonds. The summed E-state index contributed by atoms with van der Waals surface area (Å²) < 4.78 is 11.3.